The van der Waals surface area contributed by atoms with E-state index in [9.17, 15) is 14.7 Å². The topological polar surface area (TPSA) is 69.6 Å². The number of nitrogens with one attached hydrogen (secondary N) is 1. The Hall–Kier alpha value is -1.10. The normalized spacial score (nSPS) is 18.2. The average Bonchev–Trinajstić information content (AvgIpc) is 2.70. The zero-order valence-electron chi connectivity index (χ0n) is 13.5. The fraction of sp³-hybridized carbons (Fsp3) is 0.875. The molecule has 1 amide bonds. The van der Waals surface area contributed by atoms with Crippen molar-refractivity contribution < 1.29 is 14.7 Å². The van der Waals surface area contributed by atoms with E-state index in [2.05, 4.69) is 24.1 Å². The zero-order valence-corrected chi connectivity index (χ0v) is 13.5. The van der Waals surface area contributed by atoms with Gasteiger partial charge in [-0.2, -0.15) is 0 Å². The Labute approximate surface area is 128 Å². The summed E-state index contributed by atoms with van der Waals surface area (Å²) >= 11 is 0. The third kappa shape index (κ3) is 5.65. The molecule has 0 radical (unpaired) electrons. The highest BCUT2D eigenvalue weighted by atomic mass is 16.4. The molecule has 0 saturated heterocycles. The lowest BCUT2D eigenvalue weighted by molar-refractivity contribution is -0.152. The predicted octanol–water partition coefficient (Wildman–Crippen LogP) is 2.26. The summed E-state index contributed by atoms with van der Waals surface area (Å²) in [6.07, 6.45) is 5.38. The zero-order chi connectivity index (χ0) is 15.7. The van der Waals surface area contributed by atoms with Crippen molar-refractivity contribution in [3.8, 4) is 0 Å². The number of carboxylic acid groups (broad SMARTS) is 1. The molecule has 1 fully saturated rings. The predicted molar refractivity (Wildman–Crippen MR) is 83.2 cm³/mol. The van der Waals surface area contributed by atoms with Crippen LogP contribution in [0.25, 0.3) is 0 Å². The first-order valence-electron chi connectivity index (χ1n) is 8.26. The molecule has 0 heterocycles. The van der Waals surface area contributed by atoms with Crippen molar-refractivity contribution in [2.24, 2.45) is 5.41 Å². The Bertz CT molecular complexity index is 332. The van der Waals surface area contributed by atoms with E-state index in [0.717, 1.165) is 45.3 Å². The van der Waals surface area contributed by atoms with Crippen LogP contribution in [0.3, 0.4) is 0 Å². The molecule has 0 spiro atoms. The third-order valence-corrected chi connectivity index (χ3v) is 4.66. The number of aliphatic carboxylic acids is 1. The molecule has 0 aromatic rings. The van der Waals surface area contributed by atoms with E-state index in [1.807, 2.05) is 0 Å². The standard InChI is InChI=1S/C16H30N2O3/c1-3-18(4-2)12-11-17-14(19)13-16(15(20)21)9-7-5-6-8-10-16/h3-13H2,1-2H3,(H,17,19)(H,20,21). The van der Waals surface area contributed by atoms with E-state index < -0.39 is 11.4 Å². The Morgan fingerprint density at radius 3 is 2.14 bits per heavy atom. The Balaban J connectivity index is 2.47. The number of hydrogen-bond acceptors (Lipinski definition) is 3. The summed E-state index contributed by atoms with van der Waals surface area (Å²) in [5.41, 5.74) is -0.838. The van der Waals surface area contributed by atoms with Gasteiger partial charge in [0, 0.05) is 19.5 Å². The van der Waals surface area contributed by atoms with Crippen molar-refractivity contribution in [1.82, 2.24) is 10.2 Å². The van der Waals surface area contributed by atoms with Gasteiger partial charge >= 0.3 is 5.97 Å². The van der Waals surface area contributed by atoms with Crippen LogP contribution >= 0.6 is 0 Å². The fourth-order valence-electron chi connectivity index (χ4n) is 3.13. The van der Waals surface area contributed by atoms with Crippen LogP contribution < -0.4 is 5.32 Å². The molecule has 21 heavy (non-hydrogen) atoms. The Morgan fingerprint density at radius 2 is 1.67 bits per heavy atom. The minimum absolute atomic E-state index is 0.119. The summed E-state index contributed by atoms with van der Waals surface area (Å²) in [5.74, 6) is -0.922. The molecule has 0 aromatic carbocycles. The Kier molecular flexibility index (Phi) is 7.72. The maximum atomic E-state index is 12.1. The van der Waals surface area contributed by atoms with Crippen LogP contribution in [0.4, 0.5) is 0 Å². The van der Waals surface area contributed by atoms with Gasteiger partial charge < -0.3 is 15.3 Å². The van der Waals surface area contributed by atoms with Crippen LogP contribution in [-0.2, 0) is 9.59 Å². The van der Waals surface area contributed by atoms with E-state index in [1.54, 1.807) is 0 Å². The second kappa shape index (κ2) is 9.03. The molecule has 0 aromatic heterocycles. The summed E-state index contributed by atoms with van der Waals surface area (Å²) in [5, 5.41) is 12.4. The molecule has 0 atom stereocenters. The maximum absolute atomic E-state index is 12.1. The smallest absolute Gasteiger partial charge is 0.310 e. The van der Waals surface area contributed by atoms with Crippen LogP contribution in [0, 0.1) is 5.41 Å². The minimum Gasteiger partial charge on any atom is -0.481 e. The van der Waals surface area contributed by atoms with Crippen LogP contribution in [-0.4, -0.2) is 48.1 Å². The number of rotatable bonds is 8. The van der Waals surface area contributed by atoms with Gasteiger partial charge in [-0.15, -0.1) is 0 Å². The molecule has 0 bridgehead atoms. The molecule has 5 nitrogen and oxygen atoms in total. The quantitative estimate of drug-likeness (QED) is 0.674. The summed E-state index contributed by atoms with van der Waals surface area (Å²) in [6, 6.07) is 0. The molecule has 0 aliphatic heterocycles. The van der Waals surface area contributed by atoms with Crippen molar-refractivity contribution in [3.63, 3.8) is 0 Å². The molecule has 5 heteroatoms. The highest BCUT2D eigenvalue weighted by Crippen LogP contribution is 2.38. The molecule has 2 N–H and O–H groups in total. The van der Waals surface area contributed by atoms with Crippen LogP contribution in [0.15, 0.2) is 0 Å². The van der Waals surface area contributed by atoms with Crippen molar-refractivity contribution in [3.05, 3.63) is 0 Å². The van der Waals surface area contributed by atoms with Gasteiger partial charge in [0.1, 0.15) is 0 Å². The Morgan fingerprint density at radius 1 is 1.10 bits per heavy atom. The average molecular weight is 298 g/mol. The van der Waals surface area contributed by atoms with Crippen LogP contribution in [0.2, 0.25) is 0 Å². The van der Waals surface area contributed by atoms with E-state index in [1.165, 1.54) is 0 Å². The molecule has 1 saturated carbocycles. The molecular formula is C16H30N2O3. The number of hydrogen-bond donors (Lipinski definition) is 2. The van der Waals surface area contributed by atoms with E-state index >= 15 is 0 Å². The largest absolute Gasteiger partial charge is 0.481 e. The summed E-state index contributed by atoms with van der Waals surface area (Å²) in [6.45, 7) is 7.53. The van der Waals surface area contributed by atoms with Gasteiger partial charge in [-0.3, -0.25) is 9.59 Å². The van der Waals surface area contributed by atoms with Crippen molar-refractivity contribution in [1.29, 1.82) is 0 Å². The lowest BCUT2D eigenvalue weighted by Crippen LogP contribution is -2.40. The second-order valence-corrected chi connectivity index (χ2v) is 6.05. The number of amides is 1. The van der Waals surface area contributed by atoms with Gasteiger partial charge in [-0.25, -0.2) is 0 Å². The summed E-state index contributed by atoms with van der Waals surface area (Å²) < 4.78 is 0. The van der Waals surface area contributed by atoms with Crippen molar-refractivity contribution >= 4 is 11.9 Å². The summed E-state index contributed by atoms with van der Waals surface area (Å²) in [4.78, 5) is 26.0. The van der Waals surface area contributed by atoms with Gasteiger partial charge in [0.05, 0.1) is 5.41 Å². The number of carbonyl (C=O) groups is 2. The first-order valence-corrected chi connectivity index (χ1v) is 8.26. The lowest BCUT2D eigenvalue weighted by Gasteiger charge is -2.27. The van der Waals surface area contributed by atoms with Gasteiger partial charge in [-0.05, 0) is 25.9 Å². The van der Waals surface area contributed by atoms with Crippen molar-refractivity contribution in [2.45, 2.75) is 58.8 Å². The van der Waals surface area contributed by atoms with E-state index in [-0.39, 0.29) is 12.3 Å². The number of carbonyl (C=O) groups excluding carboxylic acids is 1. The van der Waals surface area contributed by atoms with Gasteiger partial charge in [0.2, 0.25) is 5.91 Å². The van der Waals surface area contributed by atoms with Gasteiger partial charge in [0.15, 0.2) is 0 Å². The van der Waals surface area contributed by atoms with Crippen LogP contribution in [0.5, 0.6) is 0 Å². The molecular weight excluding hydrogens is 268 g/mol. The highest BCUT2D eigenvalue weighted by molar-refractivity contribution is 5.85. The molecule has 1 aliphatic rings. The monoisotopic (exact) mass is 298 g/mol. The first-order chi connectivity index (χ1) is 10.0. The molecule has 0 unspecified atom stereocenters. The van der Waals surface area contributed by atoms with Gasteiger partial charge in [0.25, 0.3) is 0 Å². The number of nitrogens with zero attached hydrogens (tertiary/aromatic N) is 1. The van der Waals surface area contributed by atoms with Crippen molar-refractivity contribution in [2.75, 3.05) is 26.2 Å². The second-order valence-electron chi connectivity index (χ2n) is 6.05. The minimum atomic E-state index is -0.838. The lowest BCUT2D eigenvalue weighted by atomic mass is 9.77. The molecule has 122 valence electrons. The fourth-order valence-corrected chi connectivity index (χ4v) is 3.13. The third-order valence-electron chi connectivity index (χ3n) is 4.66. The SMILES string of the molecule is CCN(CC)CCNC(=O)CC1(C(=O)O)CCCCCC1. The molecule has 1 aliphatic carbocycles. The van der Waals surface area contributed by atoms with E-state index in [4.69, 9.17) is 0 Å². The first kappa shape index (κ1) is 18.0. The number of carboxylic acids is 1. The highest BCUT2D eigenvalue weighted by Gasteiger charge is 2.40. The molecule has 1 rings (SSSR count). The van der Waals surface area contributed by atoms with Gasteiger partial charge in [-0.1, -0.05) is 39.5 Å². The van der Waals surface area contributed by atoms with Crippen LogP contribution in [0.1, 0.15) is 58.8 Å². The van der Waals surface area contributed by atoms with E-state index in [0.29, 0.717) is 19.4 Å². The number of likely N-dealkylation sites (N-methyl/N-ethyl adjacent to an activating group) is 1. The maximum Gasteiger partial charge on any atom is 0.310 e. The summed E-state index contributed by atoms with van der Waals surface area (Å²) in [7, 11) is 0.